The molecule has 1 N–H and O–H groups in total. The van der Waals surface area contributed by atoms with E-state index in [1.165, 1.54) is 0 Å². The predicted octanol–water partition coefficient (Wildman–Crippen LogP) is 3.33. The molecule has 0 aliphatic rings. The summed E-state index contributed by atoms with van der Waals surface area (Å²) in [6.45, 7) is 0. The van der Waals surface area contributed by atoms with E-state index in [1.54, 1.807) is 56.7 Å². The van der Waals surface area contributed by atoms with Crippen LogP contribution in [0, 0.1) is 0 Å². The van der Waals surface area contributed by atoms with Crippen LogP contribution in [0.4, 0.5) is 0 Å². The number of carboxylic acid groups (broad SMARTS) is 1. The van der Waals surface area contributed by atoms with Crippen LogP contribution in [0.5, 0.6) is 11.5 Å². The van der Waals surface area contributed by atoms with E-state index in [0.717, 1.165) is 11.3 Å². The highest BCUT2D eigenvalue weighted by atomic mass is 16.5. The van der Waals surface area contributed by atoms with Crippen molar-refractivity contribution in [3.05, 3.63) is 59.7 Å². The molecular weight excluding hydrogens is 268 g/mol. The molecule has 2 aromatic rings. The number of methoxy groups -OCH3 is 2. The highest BCUT2D eigenvalue weighted by Gasteiger charge is 2.11. The summed E-state index contributed by atoms with van der Waals surface area (Å²) < 4.78 is 10.2. The van der Waals surface area contributed by atoms with Gasteiger partial charge in [0.1, 0.15) is 11.5 Å². The second-order valence-corrected chi connectivity index (χ2v) is 4.37. The van der Waals surface area contributed by atoms with Crippen LogP contribution in [0.15, 0.2) is 48.5 Å². The van der Waals surface area contributed by atoms with Crippen molar-refractivity contribution in [2.45, 2.75) is 0 Å². The van der Waals surface area contributed by atoms with E-state index >= 15 is 0 Å². The quantitative estimate of drug-likeness (QED) is 0.676. The first kappa shape index (κ1) is 14.7. The van der Waals surface area contributed by atoms with E-state index in [4.69, 9.17) is 9.47 Å². The summed E-state index contributed by atoms with van der Waals surface area (Å²) in [5.41, 5.74) is 1.59. The van der Waals surface area contributed by atoms with Crippen LogP contribution in [0.2, 0.25) is 0 Å². The fourth-order valence-electron chi connectivity index (χ4n) is 1.93. The van der Waals surface area contributed by atoms with Gasteiger partial charge in [0.25, 0.3) is 0 Å². The number of aliphatic carboxylic acids is 1. The molecule has 0 atom stereocenters. The van der Waals surface area contributed by atoms with Gasteiger partial charge in [0.2, 0.25) is 0 Å². The Balaban J connectivity index is 2.41. The number of carboxylic acids is 1. The van der Waals surface area contributed by atoms with Crippen molar-refractivity contribution in [2.24, 2.45) is 0 Å². The van der Waals surface area contributed by atoms with Gasteiger partial charge in [-0.2, -0.15) is 0 Å². The molecule has 2 rings (SSSR count). The minimum absolute atomic E-state index is 0.207. The fraction of sp³-hybridized carbons (Fsp3) is 0.118. The van der Waals surface area contributed by atoms with Crippen LogP contribution in [0.1, 0.15) is 11.1 Å². The van der Waals surface area contributed by atoms with Gasteiger partial charge in [-0.05, 0) is 41.5 Å². The summed E-state index contributed by atoms with van der Waals surface area (Å²) in [5, 5.41) is 9.42. The van der Waals surface area contributed by atoms with Crippen molar-refractivity contribution in [1.29, 1.82) is 0 Å². The van der Waals surface area contributed by atoms with Crippen LogP contribution >= 0.6 is 0 Å². The monoisotopic (exact) mass is 284 g/mol. The van der Waals surface area contributed by atoms with Gasteiger partial charge >= 0.3 is 5.97 Å². The summed E-state index contributed by atoms with van der Waals surface area (Å²) in [4.78, 5) is 11.5. The average Bonchev–Trinajstić information content (AvgIpc) is 2.53. The van der Waals surface area contributed by atoms with E-state index in [-0.39, 0.29) is 5.57 Å². The summed E-state index contributed by atoms with van der Waals surface area (Å²) >= 11 is 0. The molecule has 0 amide bonds. The van der Waals surface area contributed by atoms with Gasteiger partial charge in [-0.25, -0.2) is 4.79 Å². The number of hydrogen-bond acceptors (Lipinski definition) is 3. The normalized spacial score (nSPS) is 11.0. The van der Waals surface area contributed by atoms with E-state index < -0.39 is 5.97 Å². The third-order valence-electron chi connectivity index (χ3n) is 3.04. The van der Waals surface area contributed by atoms with Crippen LogP contribution in [-0.2, 0) is 4.79 Å². The van der Waals surface area contributed by atoms with Gasteiger partial charge in [-0.15, -0.1) is 0 Å². The van der Waals surface area contributed by atoms with Crippen molar-refractivity contribution < 1.29 is 19.4 Å². The molecule has 0 spiro atoms. The van der Waals surface area contributed by atoms with Crippen molar-refractivity contribution in [3.63, 3.8) is 0 Å². The van der Waals surface area contributed by atoms with Gasteiger partial charge in [-0.3, -0.25) is 0 Å². The van der Waals surface area contributed by atoms with Crippen molar-refractivity contribution in [3.8, 4) is 11.5 Å². The van der Waals surface area contributed by atoms with Crippen molar-refractivity contribution in [1.82, 2.24) is 0 Å². The van der Waals surface area contributed by atoms with E-state index in [0.29, 0.717) is 11.3 Å². The van der Waals surface area contributed by atoms with Gasteiger partial charge in [0.05, 0.1) is 19.8 Å². The Morgan fingerprint density at radius 2 is 1.67 bits per heavy atom. The smallest absolute Gasteiger partial charge is 0.336 e. The molecule has 2 aromatic carbocycles. The number of benzene rings is 2. The maximum absolute atomic E-state index is 11.5. The van der Waals surface area contributed by atoms with E-state index in [2.05, 4.69) is 0 Å². The molecule has 0 unspecified atom stereocenters. The Morgan fingerprint density at radius 3 is 2.24 bits per heavy atom. The Hall–Kier alpha value is -2.75. The third kappa shape index (κ3) is 3.63. The molecule has 0 aromatic heterocycles. The summed E-state index contributed by atoms with van der Waals surface area (Å²) in [6.07, 6.45) is 1.62. The molecule has 0 fully saturated rings. The van der Waals surface area contributed by atoms with Gasteiger partial charge in [0.15, 0.2) is 0 Å². The lowest BCUT2D eigenvalue weighted by Gasteiger charge is -2.06. The molecule has 4 heteroatoms. The molecule has 0 aliphatic carbocycles. The first-order valence-corrected chi connectivity index (χ1v) is 6.37. The Labute approximate surface area is 123 Å². The highest BCUT2D eigenvalue weighted by Crippen LogP contribution is 2.23. The van der Waals surface area contributed by atoms with Gasteiger partial charge in [-0.1, -0.05) is 24.3 Å². The first-order valence-electron chi connectivity index (χ1n) is 6.37. The van der Waals surface area contributed by atoms with Crippen LogP contribution in [-0.4, -0.2) is 25.3 Å². The molecule has 108 valence electrons. The maximum Gasteiger partial charge on any atom is 0.336 e. The number of carbonyl (C=O) groups is 1. The standard InChI is InChI=1S/C17H16O4/c1-20-14-8-6-12(7-9-14)10-16(17(18)19)13-4-3-5-15(11-13)21-2/h3-11H,1-2H3,(H,18,19)/b16-10+. The maximum atomic E-state index is 11.5. The molecule has 4 nitrogen and oxygen atoms in total. The molecule has 0 bridgehead atoms. The molecule has 0 saturated heterocycles. The zero-order valence-corrected chi connectivity index (χ0v) is 11.9. The van der Waals surface area contributed by atoms with Crippen LogP contribution in [0.3, 0.4) is 0 Å². The molecule has 0 aliphatic heterocycles. The summed E-state index contributed by atoms with van der Waals surface area (Å²) in [6, 6.07) is 14.2. The molecule has 0 heterocycles. The summed E-state index contributed by atoms with van der Waals surface area (Å²) in [7, 11) is 3.14. The average molecular weight is 284 g/mol. The minimum atomic E-state index is -0.987. The number of ether oxygens (including phenoxy) is 2. The molecular formula is C17H16O4. The Morgan fingerprint density at radius 1 is 1.00 bits per heavy atom. The molecule has 21 heavy (non-hydrogen) atoms. The van der Waals surface area contributed by atoms with Crippen molar-refractivity contribution >= 4 is 17.6 Å². The lowest BCUT2D eigenvalue weighted by atomic mass is 10.0. The Kier molecular flexibility index (Phi) is 4.61. The number of hydrogen-bond donors (Lipinski definition) is 1. The Bertz CT molecular complexity index is 657. The van der Waals surface area contributed by atoms with Crippen molar-refractivity contribution in [2.75, 3.05) is 14.2 Å². The minimum Gasteiger partial charge on any atom is -0.497 e. The largest absolute Gasteiger partial charge is 0.497 e. The summed E-state index contributed by atoms with van der Waals surface area (Å²) in [5.74, 6) is 0.360. The fourth-order valence-corrected chi connectivity index (χ4v) is 1.93. The second kappa shape index (κ2) is 6.61. The molecule has 0 radical (unpaired) electrons. The van der Waals surface area contributed by atoms with E-state index in [1.807, 2.05) is 12.1 Å². The van der Waals surface area contributed by atoms with Gasteiger partial charge < -0.3 is 14.6 Å². The highest BCUT2D eigenvalue weighted by molar-refractivity contribution is 6.20. The SMILES string of the molecule is COc1ccc(/C=C(/C(=O)O)c2cccc(OC)c2)cc1. The third-order valence-corrected chi connectivity index (χ3v) is 3.04. The van der Waals surface area contributed by atoms with Crippen LogP contribution in [0.25, 0.3) is 11.6 Å². The number of rotatable bonds is 5. The topological polar surface area (TPSA) is 55.8 Å². The lowest BCUT2D eigenvalue weighted by Crippen LogP contribution is -2.00. The van der Waals surface area contributed by atoms with E-state index in [9.17, 15) is 9.90 Å². The van der Waals surface area contributed by atoms with Gasteiger partial charge in [0, 0.05) is 0 Å². The second-order valence-electron chi connectivity index (χ2n) is 4.37. The molecule has 0 saturated carbocycles. The first-order chi connectivity index (χ1) is 10.1. The zero-order valence-electron chi connectivity index (χ0n) is 11.9. The zero-order chi connectivity index (χ0) is 15.2. The van der Waals surface area contributed by atoms with Crippen LogP contribution < -0.4 is 9.47 Å². The lowest BCUT2D eigenvalue weighted by molar-refractivity contribution is -0.130. The predicted molar refractivity (Wildman–Crippen MR) is 81.5 cm³/mol.